The first-order valence-electron chi connectivity index (χ1n) is 8.39. The first-order valence-corrected chi connectivity index (χ1v) is 8.39. The van der Waals surface area contributed by atoms with Gasteiger partial charge in [-0.25, -0.2) is 5.43 Å². The number of rotatable bonds is 5. The molecule has 1 saturated carbocycles. The minimum absolute atomic E-state index is 0.193. The summed E-state index contributed by atoms with van der Waals surface area (Å²) >= 11 is 0. The van der Waals surface area contributed by atoms with Crippen molar-refractivity contribution in [3.05, 3.63) is 29.8 Å². The molecular weight excluding hydrogens is 276 g/mol. The lowest BCUT2D eigenvalue weighted by Gasteiger charge is -2.12. The number of amides is 1. The first kappa shape index (κ1) is 16.5. The summed E-state index contributed by atoms with van der Waals surface area (Å²) in [7, 11) is 0. The zero-order valence-corrected chi connectivity index (χ0v) is 13.4. The normalized spacial score (nSPS) is 15.6. The maximum atomic E-state index is 12.3. The van der Waals surface area contributed by atoms with Crippen LogP contribution in [0.25, 0.3) is 0 Å². The van der Waals surface area contributed by atoms with E-state index in [1.165, 1.54) is 32.1 Å². The molecule has 0 saturated heterocycles. The number of carbonyl (C=O) groups excluding carboxylic acids is 1. The molecule has 1 amide bonds. The van der Waals surface area contributed by atoms with E-state index >= 15 is 0 Å². The second-order valence-corrected chi connectivity index (χ2v) is 5.73. The number of hydrogen-bond acceptors (Lipinski definition) is 3. The van der Waals surface area contributed by atoms with E-state index in [1.807, 2.05) is 25.1 Å². The van der Waals surface area contributed by atoms with Crippen LogP contribution in [0.5, 0.6) is 5.75 Å². The lowest BCUT2D eigenvalue weighted by molar-refractivity contribution is 0.0950. The molecule has 2 rings (SSSR count). The topological polar surface area (TPSA) is 50.7 Å². The predicted octanol–water partition coefficient (Wildman–Crippen LogP) is 4.31. The molecular formula is C18H26N2O2. The minimum Gasteiger partial charge on any atom is -0.493 e. The average Bonchev–Trinajstić information content (AvgIpc) is 2.52. The van der Waals surface area contributed by atoms with Crippen LogP contribution in [0.4, 0.5) is 0 Å². The molecule has 4 nitrogen and oxygen atoms in total. The summed E-state index contributed by atoms with van der Waals surface area (Å²) in [6.45, 7) is 2.65. The quantitative estimate of drug-likeness (QED) is 0.824. The number of benzene rings is 1. The second-order valence-electron chi connectivity index (χ2n) is 5.73. The standard InChI is InChI=1S/C18H26N2O2/c1-2-14-22-17-13-9-8-12-16(17)18(21)20-19-15-10-6-4-3-5-7-11-15/h8-9,12-13H,2-7,10-11,14H2,1H3,(H,20,21). The monoisotopic (exact) mass is 302 g/mol. The van der Waals surface area contributed by atoms with Crippen molar-refractivity contribution in [3.8, 4) is 5.75 Å². The summed E-state index contributed by atoms with van der Waals surface area (Å²) in [6, 6.07) is 7.32. The van der Waals surface area contributed by atoms with Gasteiger partial charge in [0.05, 0.1) is 12.2 Å². The number of ether oxygens (including phenoxy) is 1. The molecule has 0 aliphatic heterocycles. The van der Waals surface area contributed by atoms with Crippen LogP contribution < -0.4 is 10.2 Å². The molecule has 120 valence electrons. The third kappa shape index (κ3) is 5.17. The fraction of sp³-hybridized carbons (Fsp3) is 0.556. The Morgan fingerprint density at radius 1 is 1.14 bits per heavy atom. The van der Waals surface area contributed by atoms with Gasteiger partial charge in [-0.1, -0.05) is 38.3 Å². The van der Waals surface area contributed by atoms with Crippen LogP contribution in [0, 0.1) is 0 Å². The predicted molar refractivity (Wildman–Crippen MR) is 89.4 cm³/mol. The van der Waals surface area contributed by atoms with Gasteiger partial charge in [0.2, 0.25) is 0 Å². The SMILES string of the molecule is CCCOc1ccccc1C(=O)NN=C1CCCCCCC1. The molecule has 1 aliphatic rings. The molecule has 1 aromatic rings. The third-order valence-electron chi connectivity index (χ3n) is 3.84. The van der Waals surface area contributed by atoms with Crippen LogP contribution in [-0.2, 0) is 0 Å². The highest BCUT2D eigenvalue weighted by Gasteiger charge is 2.12. The van der Waals surface area contributed by atoms with Crippen molar-refractivity contribution >= 4 is 11.6 Å². The van der Waals surface area contributed by atoms with E-state index in [2.05, 4.69) is 10.5 Å². The van der Waals surface area contributed by atoms with Crippen LogP contribution in [-0.4, -0.2) is 18.2 Å². The van der Waals surface area contributed by atoms with E-state index in [4.69, 9.17) is 4.74 Å². The molecule has 0 aromatic heterocycles. The number of nitrogens with one attached hydrogen (secondary N) is 1. The summed E-state index contributed by atoms with van der Waals surface area (Å²) in [5, 5.41) is 4.34. The van der Waals surface area contributed by atoms with Gasteiger partial charge in [0, 0.05) is 5.71 Å². The van der Waals surface area contributed by atoms with Gasteiger partial charge >= 0.3 is 0 Å². The fourth-order valence-corrected chi connectivity index (χ4v) is 2.61. The third-order valence-corrected chi connectivity index (χ3v) is 3.84. The molecule has 22 heavy (non-hydrogen) atoms. The molecule has 0 spiro atoms. The van der Waals surface area contributed by atoms with E-state index in [1.54, 1.807) is 6.07 Å². The van der Waals surface area contributed by atoms with Crippen LogP contribution in [0.1, 0.15) is 68.6 Å². The second kappa shape index (κ2) is 9.23. The Labute approximate surface area is 132 Å². The van der Waals surface area contributed by atoms with E-state index in [-0.39, 0.29) is 5.91 Å². The molecule has 0 unspecified atom stereocenters. The Kier molecular flexibility index (Phi) is 6.94. The van der Waals surface area contributed by atoms with Crippen LogP contribution in [0.2, 0.25) is 0 Å². The molecule has 0 heterocycles. The van der Waals surface area contributed by atoms with Crippen molar-refractivity contribution in [1.29, 1.82) is 0 Å². The number of carbonyl (C=O) groups is 1. The molecule has 1 fully saturated rings. The highest BCUT2D eigenvalue weighted by molar-refractivity contribution is 5.97. The summed E-state index contributed by atoms with van der Waals surface area (Å²) in [5.74, 6) is 0.431. The highest BCUT2D eigenvalue weighted by atomic mass is 16.5. The van der Waals surface area contributed by atoms with Crippen molar-refractivity contribution in [2.24, 2.45) is 5.10 Å². The number of hydrogen-bond donors (Lipinski definition) is 1. The van der Waals surface area contributed by atoms with Crippen molar-refractivity contribution in [3.63, 3.8) is 0 Å². The Bertz CT molecular complexity index is 502. The number of para-hydroxylation sites is 1. The van der Waals surface area contributed by atoms with Crippen molar-refractivity contribution in [2.45, 2.75) is 58.3 Å². The first-order chi connectivity index (χ1) is 10.8. The van der Waals surface area contributed by atoms with Gasteiger partial charge in [-0.2, -0.15) is 5.10 Å². The van der Waals surface area contributed by atoms with E-state index in [0.717, 1.165) is 25.0 Å². The van der Waals surface area contributed by atoms with Gasteiger partial charge < -0.3 is 4.74 Å². The zero-order valence-electron chi connectivity index (χ0n) is 13.4. The van der Waals surface area contributed by atoms with Gasteiger partial charge in [-0.05, 0) is 44.2 Å². The largest absolute Gasteiger partial charge is 0.493 e. The molecule has 0 atom stereocenters. The van der Waals surface area contributed by atoms with Gasteiger partial charge in [-0.3, -0.25) is 4.79 Å². The molecule has 0 bridgehead atoms. The Hall–Kier alpha value is -1.84. The highest BCUT2D eigenvalue weighted by Crippen LogP contribution is 2.18. The Balaban J connectivity index is 1.99. The summed E-state index contributed by atoms with van der Waals surface area (Å²) in [6.07, 6.45) is 9.10. The molecule has 4 heteroatoms. The van der Waals surface area contributed by atoms with Crippen molar-refractivity contribution in [1.82, 2.24) is 5.43 Å². The maximum Gasteiger partial charge on any atom is 0.275 e. The lowest BCUT2D eigenvalue weighted by Crippen LogP contribution is -2.21. The van der Waals surface area contributed by atoms with Gasteiger partial charge in [-0.15, -0.1) is 0 Å². The van der Waals surface area contributed by atoms with Crippen LogP contribution in [0.15, 0.2) is 29.4 Å². The zero-order chi connectivity index (χ0) is 15.6. The van der Waals surface area contributed by atoms with Crippen LogP contribution in [0.3, 0.4) is 0 Å². The Morgan fingerprint density at radius 3 is 2.55 bits per heavy atom. The average molecular weight is 302 g/mol. The maximum absolute atomic E-state index is 12.3. The van der Waals surface area contributed by atoms with Gasteiger partial charge in [0.15, 0.2) is 0 Å². The summed E-state index contributed by atoms with van der Waals surface area (Å²) in [4.78, 5) is 12.3. The molecule has 1 aliphatic carbocycles. The fourth-order valence-electron chi connectivity index (χ4n) is 2.61. The Morgan fingerprint density at radius 2 is 1.82 bits per heavy atom. The molecule has 1 N–H and O–H groups in total. The van der Waals surface area contributed by atoms with Crippen molar-refractivity contribution < 1.29 is 9.53 Å². The van der Waals surface area contributed by atoms with Gasteiger partial charge in [0.1, 0.15) is 5.75 Å². The van der Waals surface area contributed by atoms with E-state index in [9.17, 15) is 4.79 Å². The smallest absolute Gasteiger partial charge is 0.275 e. The van der Waals surface area contributed by atoms with Crippen LogP contribution >= 0.6 is 0 Å². The lowest BCUT2D eigenvalue weighted by atomic mass is 9.99. The summed E-state index contributed by atoms with van der Waals surface area (Å²) in [5.41, 5.74) is 4.36. The van der Waals surface area contributed by atoms with E-state index < -0.39 is 0 Å². The van der Waals surface area contributed by atoms with Gasteiger partial charge in [0.25, 0.3) is 5.91 Å². The van der Waals surface area contributed by atoms with E-state index in [0.29, 0.717) is 17.9 Å². The minimum atomic E-state index is -0.193. The number of nitrogens with zero attached hydrogens (tertiary/aromatic N) is 1. The number of hydrazone groups is 1. The molecule has 1 aromatic carbocycles. The van der Waals surface area contributed by atoms with Crippen molar-refractivity contribution in [2.75, 3.05) is 6.61 Å². The summed E-state index contributed by atoms with van der Waals surface area (Å²) < 4.78 is 5.63. The molecule has 0 radical (unpaired) electrons.